The highest BCUT2D eigenvalue weighted by atomic mass is 16.4. The molecule has 0 aliphatic carbocycles. The van der Waals surface area contributed by atoms with Crippen LogP contribution in [0.4, 0.5) is 0 Å². The number of carboxylic acids is 1. The Hall–Kier alpha value is -2.20. The van der Waals surface area contributed by atoms with Gasteiger partial charge in [0, 0.05) is 0 Å². The molecule has 3 atom stereocenters. The zero-order valence-electron chi connectivity index (χ0n) is 13.1. The molecule has 0 aromatic heterocycles. The van der Waals surface area contributed by atoms with Gasteiger partial charge in [0.05, 0.1) is 13.0 Å². The lowest BCUT2D eigenvalue weighted by Gasteiger charge is -2.23. The highest BCUT2D eigenvalue weighted by molar-refractivity contribution is 5.93. The molecule has 0 bridgehead atoms. The van der Waals surface area contributed by atoms with Gasteiger partial charge in [-0.05, 0) is 12.3 Å². The topological polar surface area (TPSA) is 185 Å². The molecule has 0 saturated heterocycles. The smallest absolute Gasteiger partial charge is 0.326 e. The minimum absolute atomic E-state index is 0.0100. The normalized spacial score (nSPS) is 14.7. The van der Waals surface area contributed by atoms with Gasteiger partial charge in [0.15, 0.2) is 0 Å². The highest BCUT2D eigenvalue weighted by Crippen LogP contribution is 2.06. The number of nitrogens with two attached hydrogens (primary N) is 2. The van der Waals surface area contributed by atoms with E-state index >= 15 is 0 Å². The molecule has 0 spiro atoms. The van der Waals surface area contributed by atoms with Gasteiger partial charge in [0.25, 0.3) is 0 Å². The van der Waals surface area contributed by atoms with E-state index in [-0.39, 0.29) is 12.3 Å². The van der Waals surface area contributed by atoms with Crippen LogP contribution in [0.3, 0.4) is 0 Å². The van der Waals surface area contributed by atoms with Crippen molar-refractivity contribution in [1.82, 2.24) is 10.6 Å². The second kappa shape index (κ2) is 9.74. The minimum Gasteiger partial charge on any atom is -0.480 e. The third kappa shape index (κ3) is 8.12. The van der Waals surface area contributed by atoms with Crippen molar-refractivity contribution in [3.8, 4) is 0 Å². The molecule has 0 saturated carbocycles. The van der Waals surface area contributed by atoms with Crippen molar-refractivity contribution in [2.45, 2.75) is 44.8 Å². The van der Waals surface area contributed by atoms with E-state index in [9.17, 15) is 19.2 Å². The molecule has 0 aromatic carbocycles. The summed E-state index contributed by atoms with van der Waals surface area (Å²) in [6.45, 7) is 3.01. The number of rotatable bonds is 10. The molecular weight excluding hydrogens is 308 g/mol. The monoisotopic (exact) mass is 332 g/mol. The summed E-state index contributed by atoms with van der Waals surface area (Å²) in [5.41, 5.74) is 10.3. The molecule has 0 aliphatic heterocycles. The summed E-state index contributed by atoms with van der Waals surface area (Å²) in [5.74, 6) is -3.81. The van der Waals surface area contributed by atoms with E-state index in [1.807, 2.05) is 0 Å². The van der Waals surface area contributed by atoms with Crippen LogP contribution in [0.15, 0.2) is 0 Å². The number of aliphatic hydroxyl groups is 1. The van der Waals surface area contributed by atoms with Gasteiger partial charge in [-0.3, -0.25) is 14.4 Å². The van der Waals surface area contributed by atoms with Gasteiger partial charge in [-0.25, -0.2) is 4.79 Å². The average Bonchev–Trinajstić information content (AvgIpc) is 2.43. The second-order valence-corrected chi connectivity index (χ2v) is 5.55. The van der Waals surface area contributed by atoms with Crippen molar-refractivity contribution in [3.63, 3.8) is 0 Å². The van der Waals surface area contributed by atoms with Crippen molar-refractivity contribution >= 4 is 23.7 Å². The van der Waals surface area contributed by atoms with Gasteiger partial charge in [-0.15, -0.1) is 0 Å². The third-order valence-corrected chi connectivity index (χ3v) is 2.89. The summed E-state index contributed by atoms with van der Waals surface area (Å²) in [6.07, 6.45) is -0.349. The zero-order valence-corrected chi connectivity index (χ0v) is 13.1. The molecule has 0 aromatic rings. The van der Waals surface area contributed by atoms with E-state index in [2.05, 4.69) is 10.6 Å². The van der Waals surface area contributed by atoms with E-state index in [1.54, 1.807) is 13.8 Å². The summed E-state index contributed by atoms with van der Waals surface area (Å²) in [7, 11) is 0. The number of primary amides is 1. The molecule has 0 rings (SSSR count). The van der Waals surface area contributed by atoms with E-state index in [0.29, 0.717) is 0 Å². The maximum Gasteiger partial charge on any atom is 0.326 e. The quantitative estimate of drug-likeness (QED) is 0.251. The largest absolute Gasteiger partial charge is 0.480 e. The summed E-state index contributed by atoms with van der Waals surface area (Å²) < 4.78 is 0. The van der Waals surface area contributed by atoms with Gasteiger partial charge in [-0.2, -0.15) is 0 Å². The molecular formula is C13H24N4O6. The Kier molecular flexibility index (Phi) is 8.81. The SMILES string of the molecule is CC(C)CC(NC(=O)C(N)CO)C(=O)NC(CC(N)=O)C(=O)O. The fourth-order valence-corrected chi connectivity index (χ4v) is 1.74. The van der Waals surface area contributed by atoms with Gasteiger partial charge in [-0.1, -0.05) is 13.8 Å². The number of carbonyl (C=O) groups excluding carboxylic acids is 3. The van der Waals surface area contributed by atoms with E-state index in [0.717, 1.165) is 0 Å². The van der Waals surface area contributed by atoms with Crippen molar-refractivity contribution in [3.05, 3.63) is 0 Å². The maximum absolute atomic E-state index is 12.2. The molecule has 0 radical (unpaired) electrons. The van der Waals surface area contributed by atoms with Gasteiger partial charge < -0.3 is 32.3 Å². The lowest BCUT2D eigenvalue weighted by atomic mass is 10.0. The minimum atomic E-state index is -1.49. The average molecular weight is 332 g/mol. The Morgan fingerprint density at radius 2 is 1.57 bits per heavy atom. The first kappa shape index (κ1) is 20.8. The molecule has 8 N–H and O–H groups in total. The van der Waals surface area contributed by atoms with Crippen LogP contribution in [0.1, 0.15) is 26.7 Å². The van der Waals surface area contributed by atoms with E-state index < -0.39 is 54.8 Å². The van der Waals surface area contributed by atoms with Crippen molar-refractivity contribution in [2.24, 2.45) is 17.4 Å². The maximum atomic E-state index is 12.2. The Morgan fingerprint density at radius 1 is 1.04 bits per heavy atom. The van der Waals surface area contributed by atoms with Crippen LogP contribution in [0.2, 0.25) is 0 Å². The first-order valence-corrected chi connectivity index (χ1v) is 7.06. The number of amides is 3. The number of hydrogen-bond acceptors (Lipinski definition) is 6. The molecule has 23 heavy (non-hydrogen) atoms. The van der Waals surface area contributed by atoms with Crippen molar-refractivity contribution in [1.29, 1.82) is 0 Å². The molecule has 10 nitrogen and oxygen atoms in total. The summed E-state index contributed by atoms with van der Waals surface area (Å²) in [6, 6.07) is -3.73. The Balaban J connectivity index is 5.01. The van der Waals surface area contributed by atoms with Crippen LogP contribution in [0, 0.1) is 5.92 Å². The van der Waals surface area contributed by atoms with E-state index in [4.69, 9.17) is 21.7 Å². The molecule has 0 heterocycles. The number of carbonyl (C=O) groups is 4. The molecule has 0 aliphatic rings. The van der Waals surface area contributed by atoms with Gasteiger partial charge in [0.1, 0.15) is 18.1 Å². The van der Waals surface area contributed by atoms with Crippen LogP contribution in [-0.4, -0.2) is 58.6 Å². The van der Waals surface area contributed by atoms with Gasteiger partial charge in [0.2, 0.25) is 17.7 Å². The van der Waals surface area contributed by atoms with Crippen LogP contribution in [0.25, 0.3) is 0 Å². The molecule has 3 amide bonds. The summed E-state index contributed by atoms with van der Waals surface area (Å²) in [5, 5.41) is 22.3. The number of aliphatic carboxylic acids is 1. The Bertz CT molecular complexity index is 454. The second-order valence-electron chi connectivity index (χ2n) is 5.55. The van der Waals surface area contributed by atoms with Crippen LogP contribution >= 0.6 is 0 Å². The van der Waals surface area contributed by atoms with Crippen LogP contribution < -0.4 is 22.1 Å². The third-order valence-electron chi connectivity index (χ3n) is 2.89. The van der Waals surface area contributed by atoms with Crippen LogP contribution in [-0.2, 0) is 19.2 Å². The van der Waals surface area contributed by atoms with Gasteiger partial charge >= 0.3 is 5.97 Å². The van der Waals surface area contributed by atoms with Crippen molar-refractivity contribution in [2.75, 3.05) is 6.61 Å². The lowest BCUT2D eigenvalue weighted by Crippen LogP contribution is -2.55. The number of carboxylic acid groups (broad SMARTS) is 1. The summed E-state index contributed by atoms with van der Waals surface area (Å²) in [4.78, 5) is 45.8. The first-order chi connectivity index (χ1) is 10.6. The molecule has 132 valence electrons. The van der Waals surface area contributed by atoms with E-state index in [1.165, 1.54) is 0 Å². The standard InChI is InChI=1S/C13H24N4O6/c1-6(2)3-8(16-11(20)7(14)5-18)12(21)17-9(13(22)23)4-10(15)19/h6-9,18H,3-5,14H2,1-2H3,(H2,15,19)(H,16,20)(H,17,21)(H,22,23). The molecule has 3 unspecified atom stereocenters. The Labute approximate surface area is 133 Å². The number of aliphatic hydroxyl groups excluding tert-OH is 1. The summed E-state index contributed by atoms with van der Waals surface area (Å²) >= 11 is 0. The predicted molar refractivity (Wildman–Crippen MR) is 79.8 cm³/mol. The number of hydrogen-bond donors (Lipinski definition) is 6. The molecule has 10 heteroatoms. The fraction of sp³-hybridized carbons (Fsp3) is 0.692. The van der Waals surface area contributed by atoms with Crippen LogP contribution in [0.5, 0.6) is 0 Å². The Morgan fingerprint density at radius 3 is 1.96 bits per heavy atom. The first-order valence-electron chi connectivity index (χ1n) is 7.06. The van der Waals surface area contributed by atoms with Crippen molar-refractivity contribution < 1.29 is 29.4 Å². The fourth-order valence-electron chi connectivity index (χ4n) is 1.74. The highest BCUT2D eigenvalue weighted by Gasteiger charge is 2.29. The number of nitrogens with one attached hydrogen (secondary N) is 2. The lowest BCUT2D eigenvalue weighted by molar-refractivity contribution is -0.143. The predicted octanol–water partition coefficient (Wildman–Crippen LogP) is -2.72. The molecule has 0 fully saturated rings. The zero-order chi connectivity index (χ0) is 18.2.